The van der Waals surface area contributed by atoms with Crippen molar-refractivity contribution in [2.24, 2.45) is 5.92 Å². The Labute approximate surface area is 98.0 Å². The third-order valence-electron chi connectivity index (χ3n) is 3.82. The van der Waals surface area contributed by atoms with Crippen molar-refractivity contribution in [2.45, 2.75) is 31.6 Å². The van der Waals surface area contributed by atoms with E-state index >= 15 is 0 Å². The molecular weight excluding hydrogens is 224 g/mol. The molecule has 1 N–H and O–H groups in total. The van der Waals surface area contributed by atoms with Crippen molar-refractivity contribution < 1.29 is 13.6 Å². The molecule has 1 aromatic rings. The van der Waals surface area contributed by atoms with Gasteiger partial charge in [-0.3, -0.25) is 4.79 Å². The Morgan fingerprint density at radius 2 is 1.88 bits per heavy atom. The van der Waals surface area contributed by atoms with Gasteiger partial charge in [-0.1, -0.05) is 12.8 Å². The molecule has 3 rings (SSSR count). The van der Waals surface area contributed by atoms with E-state index in [9.17, 15) is 13.6 Å². The van der Waals surface area contributed by atoms with Crippen molar-refractivity contribution in [1.29, 1.82) is 0 Å². The van der Waals surface area contributed by atoms with Crippen LogP contribution in [0.25, 0.3) is 0 Å². The molecule has 0 saturated heterocycles. The van der Waals surface area contributed by atoms with E-state index in [1.54, 1.807) is 0 Å². The lowest BCUT2D eigenvalue weighted by molar-refractivity contribution is -0.118. The van der Waals surface area contributed by atoms with Crippen LogP contribution in [0, 0.1) is 17.6 Å². The van der Waals surface area contributed by atoms with Crippen molar-refractivity contribution in [3.63, 3.8) is 0 Å². The molecule has 90 valence electrons. The summed E-state index contributed by atoms with van der Waals surface area (Å²) < 4.78 is 26.8. The lowest BCUT2D eigenvalue weighted by atomic mass is 9.86. The third-order valence-corrected chi connectivity index (χ3v) is 3.82. The molecule has 17 heavy (non-hydrogen) atoms. The number of anilines is 1. The number of fused-ring (bicyclic) bond motifs is 1. The lowest BCUT2D eigenvalue weighted by Gasteiger charge is -2.16. The van der Waals surface area contributed by atoms with Crippen molar-refractivity contribution in [3.05, 3.63) is 29.3 Å². The van der Waals surface area contributed by atoms with E-state index in [4.69, 9.17) is 0 Å². The highest BCUT2D eigenvalue weighted by molar-refractivity contribution is 6.03. The second-order valence-corrected chi connectivity index (χ2v) is 4.86. The monoisotopic (exact) mass is 237 g/mol. The van der Waals surface area contributed by atoms with E-state index in [0.717, 1.165) is 31.7 Å². The van der Waals surface area contributed by atoms with E-state index in [2.05, 4.69) is 5.32 Å². The standard InChI is InChI=1S/C13H13F2NO/c14-8-5-9-11(7-3-1-2-4-7)13(17)16-12(9)10(15)6-8/h5-7,11H,1-4H2,(H,16,17). The molecule has 0 aromatic heterocycles. The second-order valence-electron chi connectivity index (χ2n) is 4.86. The molecule has 0 spiro atoms. The van der Waals surface area contributed by atoms with E-state index in [1.807, 2.05) is 0 Å². The Hall–Kier alpha value is -1.45. The van der Waals surface area contributed by atoms with Crippen LogP contribution in [0.1, 0.15) is 37.2 Å². The van der Waals surface area contributed by atoms with Crippen LogP contribution in [-0.2, 0) is 4.79 Å². The lowest BCUT2D eigenvalue weighted by Crippen LogP contribution is -2.18. The Morgan fingerprint density at radius 3 is 2.59 bits per heavy atom. The van der Waals surface area contributed by atoms with Crippen LogP contribution >= 0.6 is 0 Å². The summed E-state index contributed by atoms with van der Waals surface area (Å²) in [6.07, 6.45) is 4.13. The van der Waals surface area contributed by atoms with Gasteiger partial charge in [-0.2, -0.15) is 0 Å². The Balaban J connectivity index is 2.05. The molecule has 0 bridgehead atoms. The molecule has 0 radical (unpaired) electrons. The number of amides is 1. The third kappa shape index (κ3) is 1.63. The fraction of sp³-hybridized carbons (Fsp3) is 0.462. The number of hydrogen-bond acceptors (Lipinski definition) is 1. The van der Waals surface area contributed by atoms with Gasteiger partial charge in [0.05, 0.1) is 11.6 Å². The number of halogens is 2. The minimum absolute atomic E-state index is 0.174. The predicted molar refractivity (Wildman–Crippen MR) is 59.7 cm³/mol. The van der Waals surface area contributed by atoms with Gasteiger partial charge < -0.3 is 5.32 Å². The number of hydrogen-bond donors (Lipinski definition) is 1. The summed E-state index contributed by atoms with van der Waals surface area (Å²) in [5.74, 6) is -1.60. The maximum atomic E-state index is 13.5. The summed E-state index contributed by atoms with van der Waals surface area (Å²) in [6.45, 7) is 0. The molecule has 4 heteroatoms. The van der Waals surface area contributed by atoms with Crippen LogP contribution in [-0.4, -0.2) is 5.91 Å². The van der Waals surface area contributed by atoms with Gasteiger partial charge in [0.15, 0.2) is 0 Å². The maximum Gasteiger partial charge on any atom is 0.232 e. The molecule has 1 unspecified atom stereocenters. The minimum atomic E-state index is -0.672. The van der Waals surface area contributed by atoms with Crippen LogP contribution in [0.3, 0.4) is 0 Å². The first-order chi connectivity index (χ1) is 8.16. The highest BCUT2D eigenvalue weighted by Crippen LogP contribution is 2.45. The minimum Gasteiger partial charge on any atom is -0.323 e. The maximum absolute atomic E-state index is 13.5. The first-order valence-electron chi connectivity index (χ1n) is 5.96. The van der Waals surface area contributed by atoms with Crippen molar-refractivity contribution in [1.82, 2.24) is 0 Å². The topological polar surface area (TPSA) is 29.1 Å². The van der Waals surface area contributed by atoms with Gasteiger partial charge in [0.1, 0.15) is 11.6 Å². The van der Waals surface area contributed by atoms with Gasteiger partial charge in [0.2, 0.25) is 5.91 Å². The van der Waals surface area contributed by atoms with Gasteiger partial charge in [-0.05, 0) is 30.4 Å². The smallest absolute Gasteiger partial charge is 0.232 e. The zero-order valence-electron chi connectivity index (χ0n) is 9.30. The van der Waals surface area contributed by atoms with Crippen molar-refractivity contribution in [3.8, 4) is 0 Å². The second kappa shape index (κ2) is 3.79. The predicted octanol–water partition coefficient (Wildman–Crippen LogP) is 3.19. The molecular formula is C13H13F2NO. The zero-order chi connectivity index (χ0) is 12.0. The quantitative estimate of drug-likeness (QED) is 0.798. The average molecular weight is 237 g/mol. The van der Waals surface area contributed by atoms with Crippen molar-refractivity contribution in [2.75, 3.05) is 5.32 Å². The molecule has 1 heterocycles. The molecule has 2 nitrogen and oxygen atoms in total. The largest absolute Gasteiger partial charge is 0.323 e. The number of benzene rings is 1. The van der Waals surface area contributed by atoms with Crippen LogP contribution in [0.4, 0.5) is 14.5 Å². The summed E-state index contributed by atoms with van der Waals surface area (Å²) in [5.41, 5.74) is 0.674. The molecule has 1 aliphatic heterocycles. The van der Waals surface area contributed by atoms with Crippen LogP contribution in [0.15, 0.2) is 12.1 Å². The van der Waals surface area contributed by atoms with E-state index in [-0.39, 0.29) is 23.4 Å². The molecule has 1 aromatic carbocycles. The summed E-state index contributed by atoms with van der Waals surface area (Å²) >= 11 is 0. The molecule has 1 amide bonds. The fourth-order valence-electron chi connectivity index (χ4n) is 3.07. The Morgan fingerprint density at radius 1 is 1.18 bits per heavy atom. The van der Waals surface area contributed by atoms with E-state index in [0.29, 0.717) is 5.56 Å². The molecule has 1 atom stereocenters. The number of rotatable bonds is 1. The van der Waals surface area contributed by atoms with Gasteiger partial charge in [-0.25, -0.2) is 8.78 Å². The number of carbonyl (C=O) groups excluding carboxylic acids is 1. The van der Waals surface area contributed by atoms with Gasteiger partial charge >= 0.3 is 0 Å². The molecule has 1 fully saturated rings. The average Bonchev–Trinajstić information content (AvgIpc) is 2.84. The molecule has 1 saturated carbocycles. The van der Waals surface area contributed by atoms with Crippen LogP contribution in [0.2, 0.25) is 0 Å². The summed E-state index contributed by atoms with van der Waals surface area (Å²) in [4.78, 5) is 11.9. The molecule has 1 aliphatic carbocycles. The van der Waals surface area contributed by atoms with Gasteiger partial charge in [0, 0.05) is 6.07 Å². The fourth-order valence-corrected chi connectivity index (χ4v) is 3.07. The number of carbonyl (C=O) groups is 1. The number of nitrogens with one attached hydrogen (secondary N) is 1. The summed E-state index contributed by atoms with van der Waals surface area (Å²) in [5, 5.41) is 2.54. The van der Waals surface area contributed by atoms with E-state index < -0.39 is 11.6 Å². The van der Waals surface area contributed by atoms with Gasteiger partial charge in [-0.15, -0.1) is 0 Å². The van der Waals surface area contributed by atoms with Crippen LogP contribution in [0.5, 0.6) is 0 Å². The summed E-state index contributed by atoms with van der Waals surface area (Å²) in [7, 11) is 0. The molecule has 2 aliphatic rings. The van der Waals surface area contributed by atoms with E-state index in [1.165, 1.54) is 6.07 Å². The Kier molecular flexibility index (Phi) is 2.38. The normalized spacial score (nSPS) is 23.9. The van der Waals surface area contributed by atoms with Crippen LogP contribution < -0.4 is 5.32 Å². The first-order valence-corrected chi connectivity index (χ1v) is 5.96. The zero-order valence-corrected chi connectivity index (χ0v) is 9.30. The summed E-state index contributed by atoms with van der Waals surface area (Å²) in [6, 6.07) is 2.11. The van der Waals surface area contributed by atoms with Crippen molar-refractivity contribution >= 4 is 11.6 Å². The van der Waals surface area contributed by atoms with Gasteiger partial charge in [0.25, 0.3) is 0 Å². The highest BCUT2D eigenvalue weighted by atomic mass is 19.1. The first kappa shape index (κ1) is 10.7. The SMILES string of the molecule is O=C1Nc2c(F)cc(F)cc2C1C1CCCC1. The highest BCUT2D eigenvalue weighted by Gasteiger charge is 2.39. The Bertz CT molecular complexity index is 481.